The normalized spacial score (nSPS) is 18.7. The maximum absolute atomic E-state index is 10.6. The Labute approximate surface area is 88.1 Å². The van der Waals surface area contributed by atoms with E-state index in [4.69, 9.17) is 9.84 Å². The van der Waals surface area contributed by atoms with Crippen molar-refractivity contribution >= 4 is 18.4 Å². The van der Waals surface area contributed by atoms with Crippen LogP contribution in [0.2, 0.25) is 0 Å². The van der Waals surface area contributed by atoms with Crippen molar-refractivity contribution in [3.8, 4) is 5.75 Å². The number of benzene rings is 1. The number of hydrogen-bond donors (Lipinski definition) is 1. The molecular formula is C10H11ClO3. The maximum Gasteiger partial charge on any atom is 0.344 e. The molecular weight excluding hydrogens is 204 g/mol. The van der Waals surface area contributed by atoms with Crippen LogP contribution in [0.5, 0.6) is 5.75 Å². The number of hydrogen-bond acceptors (Lipinski definition) is 2. The first-order chi connectivity index (χ1) is 6.27. The fourth-order valence-corrected chi connectivity index (χ4v) is 1.50. The van der Waals surface area contributed by atoms with Gasteiger partial charge in [-0.15, -0.1) is 12.4 Å². The third-order valence-corrected chi connectivity index (χ3v) is 2.19. The van der Waals surface area contributed by atoms with E-state index in [0.29, 0.717) is 12.2 Å². The minimum atomic E-state index is -0.880. The van der Waals surface area contributed by atoms with Gasteiger partial charge in [0.1, 0.15) is 5.75 Å². The molecule has 2 rings (SSSR count). The van der Waals surface area contributed by atoms with Crippen molar-refractivity contribution in [3.63, 3.8) is 0 Å². The number of rotatable bonds is 1. The zero-order valence-electron chi connectivity index (χ0n) is 7.47. The van der Waals surface area contributed by atoms with Crippen molar-refractivity contribution in [2.75, 3.05) is 0 Å². The first-order valence-electron chi connectivity index (χ1n) is 4.25. The Bertz CT molecular complexity index is 338. The fraction of sp³-hybridized carbons (Fsp3) is 0.300. The number of carboxylic acid groups (broad SMARTS) is 1. The van der Waals surface area contributed by atoms with Gasteiger partial charge in [0, 0.05) is 0 Å². The van der Waals surface area contributed by atoms with Gasteiger partial charge in [0.15, 0.2) is 6.10 Å². The molecule has 1 unspecified atom stereocenters. The molecule has 0 fully saturated rings. The van der Waals surface area contributed by atoms with Gasteiger partial charge < -0.3 is 9.84 Å². The highest BCUT2D eigenvalue weighted by Crippen LogP contribution is 2.26. The number of ether oxygens (including phenoxy) is 1. The largest absolute Gasteiger partial charge is 0.479 e. The van der Waals surface area contributed by atoms with Crippen molar-refractivity contribution in [1.29, 1.82) is 0 Å². The van der Waals surface area contributed by atoms with E-state index in [0.717, 1.165) is 12.0 Å². The van der Waals surface area contributed by atoms with Crippen LogP contribution < -0.4 is 4.74 Å². The number of para-hydroxylation sites is 1. The van der Waals surface area contributed by atoms with Gasteiger partial charge in [-0.3, -0.25) is 0 Å². The molecule has 76 valence electrons. The molecule has 1 aliphatic rings. The topological polar surface area (TPSA) is 46.5 Å². The van der Waals surface area contributed by atoms with Gasteiger partial charge in [-0.2, -0.15) is 0 Å². The summed E-state index contributed by atoms with van der Waals surface area (Å²) in [6, 6.07) is 7.56. The highest BCUT2D eigenvalue weighted by Gasteiger charge is 2.24. The average molecular weight is 215 g/mol. The Kier molecular flexibility index (Phi) is 3.36. The lowest BCUT2D eigenvalue weighted by molar-refractivity contribution is -0.145. The molecule has 1 aromatic carbocycles. The molecule has 1 heterocycles. The van der Waals surface area contributed by atoms with E-state index in [9.17, 15) is 4.79 Å². The van der Waals surface area contributed by atoms with Crippen LogP contribution >= 0.6 is 12.4 Å². The Balaban J connectivity index is 0.000000980. The molecule has 1 N–H and O–H groups in total. The van der Waals surface area contributed by atoms with E-state index in [1.165, 1.54) is 0 Å². The molecule has 1 aliphatic heterocycles. The van der Waals surface area contributed by atoms with Crippen LogP contribution in [0, 0.1) is 0 Å². The second-order valence-corrected chi connectivity index (χ2v) is 3.09. The Hall–Kier alpha value is -1.22. The lowest BCUT2D eigenvalue weighted by Crippen LogP contribution is -2.30. The summed E-state index contributed by atoms with van der Waals surface area (Å²) in [6.07, 6.45) is 0.675. The first-order valence-corrected chi connectivity index (χ1v) is 4.25. The summed E-state index contributed by atoms with van der Waals surface area (Å²) in [5.41, 5.74) is 1.10. The Morgan fingerprint density at radius 3 is 2.86 bits per heavy atom. The maximum atomic E-state index is 10.6. The molecule has 0 saturated carbocycles. The lowest BCUT2D eigenvalue weighted by atomic mass is 10.0. The lowest BCUT2D eigenvalue weighted by Gasteiger charge is -2.22. The average Bonchev–Trinajstić information content (AvgIpc) is 2.17. The smallest absolute Gasteiger partial charge is 0.344 e. The molecule has 0 amide bonds. The zero-order chi connectivity index (χ0) is 9.26. The summed E-state index contributed by atoms with van der Waals surface area (Å²) < 4.78 is 5.29. The van der Waals surface area contributed by atoms with Crippen molar-refractivity contribution in [3.05, 3.63) is 29.8 Å². The summed E-state index contributed by atoms with van der Waals surface area (Å²) in [5, 5.41) is 8.74. The van der Waals surface area contributed by atoms with Gasteiger partial charge in [-0.05, 0) is 24.5 Å². The molecule has 0 bridgehead atoms. The third kappa shape index (κ3) is 1.99. The number of halogens is 1. The highest BCUT2D eigenvalue weighted by molar-refractivity contribution is 5.85. The fourth-order valence-electron chi connectivity index (χ4n) is 1.50. The molecule has 0 saturated heterocycles. The monoisotopic (exact) mass is 214 g/mol. The van der Waals surface area contributed by atoms with Crippen LogP contribution in [0.25, 0.3) is 0 Å². The van der Waals surface area contributed by atoms with Gasteiger partial charge in [0.05, 0.1) is 0 Å². The van der Waals surface area contributed by atoms with Crippen molar-refractivity contribution in [2.45, 2.75) is 18.9 Å². The van der Waals surface area contributed by atoms with Gasteiger partial charge in [-0.1, -0.05) is 18.2 Å². The second kappa shape index (κ2) is 4.33. The van der Waals surface area contributed by atoms with Crippen LogP contribution in [-0.4, -0.2) is 17.2 Å². The quantitative estimate of drug-likeness (QED) is 0.777. The predicted octanol–water partition coefficient (Wildman–Crippen LogP) is 1.89. The zero-order valence-corrected chi connectivity index (χ0v) is 8.29. The van der Waals surface area contributed by atoms with E-state index in [2.05, 4.69) is 0 Å². The second-order valence-electron chi connectivity index (χ2n) is 3.09. The van der Waals surface area contributed by atoms with E-state index >= 15 is 0 Å². The Morgan fingerprint density at radius 2 is 2.14 bits per heavy atom. The molecule has 0 spiro atoms. The van der Waals surface area contributed by atoms with Gasteiger partial charge >= 0.3 is 5.97 Å². The van der Waals surface area contributed by atoms with Gasteiger partial charge in [-0.25, -0.2) is 4.79 Å². The van der Waals surface area contributed by atoms with Crippen LogP contribution in [0.3, 0.4) is 0 Å². The summed E-state index contributed by atoms with van der Waals surface area (Å²) in [7, 11) is 0. The molecule has 0 aromatic heterocycles. The molecule has 1 atom stereocenters. The summed E-state index contributed by atoms with van der Waals surface area (Å²) in [5.74, 6) is -0.171. The highest BCUT2D eigenvalue weighted by atomic mass is 35.5. The third-order valence-electron chi connectivity index (χ3n) is 2.19. The van der Waals surface area contributed by atoms with Crippen molar-refractivity contribution < 1.29 is 14.6 Å². The summed E-state index contributed by atoms with van der Waals surface area (Å²) in [4.78, 5) is 10.6. The predicted molar refractivity (Wildman–Crippen MR) is 54.1 cm³/mol. The number of aryl methyl sites for hydroxylation is 1. The van der Waals surface area contributed by atoms with E-state index in [1.54, 1.807) is 0 Å². The molecule has 3 nitrogen and oxygen atoms in total. The molecule has 0 aliphatic carbocycles. The Morgan fingerprint density at radius 1 is 1.43 bits per heavy atom. The number of carboxylic acids is 1. The van der Waals surface area contributed by atoms with Crippen LogP contribution in [-0.2, 0) is 11.2 Å². The number of fused-ring (bicyclic) bond motifs is 1. The minimum absolute atomic E-state index is 0. The minimum Gasteiger partial charge on any atom is -0.479 e. The first kappa shape index (κ1) is 10.9. The summed E-state index contributed by atoms with van der Waals surface area (Å²) in [6.45, 7) is 0. The standard InChI is InChI=1S/C10H10O3.ClH/c11-10(12)9-6-5-7-3-1-2-4-8(7)13-9;/h1-4,9H,5-6H2,(H,11,12);1H. The number of carbonyl (C=O) groups is 1. The molecule has 0 radical (unpaired) electrons. The van der Waals surface area contributed by atoms with E-state index in [-0.39, 0.29) is 12.4 Å². The van der Waals surface area contributed by atoms with Gasteiger partial charge in [0.2, 0.25) is 0 Å². The number of aliphatic carboxylic acids is 1. The van der Waals surface area contributed by atoms with Crippen LogP contribution in [0.4, 0.5) is 0 Å². The van der Waals surface area contributed by atoms with Crippen LogP contribution in [0.15, 0.2) is 24.3 Å². The van der Waals surface area contributed by atoms with Crippen LogP contribution in [0.1, 0.15) is 12.0 Å². The molecule has 4 heteroatoms. The van der Waals surface area contributed by atoms with Gasteiger partial charge in [0.25, 0.3) is 0 Å². The molecule has 1 aromatic rings. The van der Waals surface area contributed by atoms with Crippen molar-refractivity contribution in [2.24, 2.45) is 0 Å². The molecule has 14 heavy (non-hydrogen) atoms. The van der Waals surface area contributed by atoms with E-state index < -0.39 is 12.1 Å². The SMILES string of the molecule is Cl.O=C(O)C1CCc2ccccc2O1. The van der Waals surface area contributed by atoms with E-state index in [1.807, 2.05) is 24.3 Å². The summed E-state index contributed by atoms with van der Waals surface area (Å²) >= 11 is 0. The van der Waals surface area contributed by atoms with Crippen molar-refractivity contribution in [1.82, 2.24) is 0 Å².